The van der Waals surface area contributed by atoms with Gasteiger partial charge in [-0.05, 0) is 30.3 Å². The lowest BCUT2D eigenvalue weighted by Gasteiger charge is -2.06. The molecule has 1 amide bonds. The highest BCUT2D eigenvalue weighted by molar-refractivity contribution is 7.20. The molecule has 0 spiro atoms. The molecule has 9 heteroatoms. The van der Waals surface area contributed by atoms with Gasteiger partial charge in [0.25, 0.3) is 11.6 Å². The number of fused-ring (bicyclic) bond motifs is 1. The van der Waals surface area contributed by atoms with Crippen molar-refractivity contribution in [1.29, 1.82) is 0 Å². The molecule has 0 fully saturated rings. The Hall–Kier alpha value is -3.46. The van der Waals surface area contributed by atoms with Gasteiger partial charge in [0.2, 0.25) is 0 Å². The molecule has 0 saturated heterocycles. The van der Waals surface area contributed by atoms with Gasteiger partial charge < -0.3 is 9.47 Å². The molecule has 0 aliphatic rings. The SMILES string of the molecule is COc1ccc(OC)c(/C=N\NC(=O)c2cc3cc([N+](=O)[O-])ccc3s2)c1. The Bertz CT molecular complexity index is 1040. The number of benzene rings is 2. The van der Waals surface area contributed by atoms with Crippen LogP contribution in [0.4, 0.5) is 5.69 Å². The molecule has 27 heavy (non-hydrogen) atoms. The Balaban J connectivity index is 1.77. The first-order chi connectivity index (χ1) is 13.0. The molecule has 2 aromatic carbocycles. The van der Waals surface area contributed by atoms with Gasteiger partial charge in [-0.1, -0.05) is 0 Å². The molecule has 1 N–H and O–H groups in total. The number of rotatable bonds is 6. The zero-order valence-electron chi connectivity index (χ0n) is 14.5. The van der Waals surface area contributed by atoms with Crippen LogP contribution in [0.25, 0.3) is 10.1 Å². The van der Waals surface area contributed by atoms with Crippen molar-refractivity contribution in [2.24, 2.45) is 5.10 Å². The fourth-order valence-corrected chi connectivity index (χ4v) is 3.34. The third-order valence-electron chi connectivity index (χ3n) is 3.74. The normalized spacial score (nSPS) is 10.9. The lowest BCUT2D eigenvalue weighted by molar-refractivity contribution is -0.384. The predicted octanol–water partition coefficient (Wildman–Crippen LogP) is 3.59. The smallest absolute Gasteiger partial charge is 0.281 e. The van der Waals surface area contributed by atoms with E-state index in [-0.39, 0.29) is 5.69 Å². The van der Waals surface area contributed by atoms with Crippen molar-refractivity contribution < 1.29 is 19.2 Å². The number of ether oxygens (including phenoxy) is 2. The quantitative estimate of drug-likeness (QED) is 0.397. The highest BCUT2D eigenvalue weighted by Crippen LogP contribution is 2.29. The number of nitro benzene ring substituents is 1. The lowest BCUT2D eigenvalue weighted by atomic mass is 10.2. The average molecular weight is 385 g/mol. The van der Waals surface area contributed by atoms with E-state index in [1.165, 1.54) is 36.8 Å². The van der Waals surface area contributed by atoms with Crippen molar-refractivity contribution in [1.82, 2.24) is 5.43 Å². The van der Waals surface area contributed by atoms with Crippen LogP contribution in [-0.4, -0.2) is 31.3 Å². The molecule has 3 rings (SSSR count). The maximum Gasteiger partial charge on any atom is 0.281 e. The fourth-order valence-electron chi connectivity index (χ4n) is 2.41. The van der Waals surface area contributed by atoms with Gasteiger partial charge in [-0.3, -0.25) is 14.9 Å². The monoisotopic (exact) mass is 385 g/mol. The number of hydrogen-bond acceptors (Lipinski definition) is 7. The largest absolute Gasteiger partial charge is 0.497 e. The van der Waals surface area contributed by atoms with Crippen LogP contribution in [-0.2, 0) is 0 Å². The number of amides is 1. The molecular formula is C18H15N3O5S. The van der Waals surface area contributed by atoms with Crippen LogP contribution < -0.4 is 14.9 Å². The van der Waals surface area contributed by atoms with Gasteiger partial charge in [-0.15, -0.1) is 11.3 Å². The van der Waals surface area contributed by atoms with Crippen molar-refractivity contribution in [2.75, 3.05) is 14.2 Å². The number of nitro groups is 1. The summed E-state index contributed by atoms with van der Waals surface area (Å²) in [6.07, 6.45) is 1.46. The molecule has 1 heterocycles. The molecule has 0 aliphatic heterocycles. The third kappa shape index (κ3) is 4.04. The molecule has 0 bridgehead atoms. The second-order valence-electron chi connectivity index (χ2n) is 5.40. The molecule has 0 radical (unpaired) electrons. The van der Waals surface area contributed by atoms with Gasteiger partial charge in [0.05, 0.1) is 30.2 Å². The Morgan fingerprint density at radius 1 is 1.19 bits per heavy atom. The van der Waals surface area contributed by atoms with Crippen LogP contribution in [0.5, 0.6) is 11.5 Å². The maximum atomic E-state index is 12.3. The van der Waals surface area contributed by atoms with Crippen molar-refractivity contribution >= 4 is 39.2 Å². The summed E-state index contributed by atoms with van der Waals surface area (Å²) in [7, 11) is 3.09. The summed E-state index contributed by atoms with van der Waals surface area (Å²) in [5, 5.41) is 15.4. The van der Waals surface area contributed by atoms with Crippen LogP contribution in [0.2, 0.25) is 0 Å². The van der Waals surface area contributed by atoms with E-state index >= 15 is 0 Å². The first kappa shape index (κ1) is 18.3. The third-order valence-corrected chi connectivity index (χ3v) is 4.86. The summed E-state index contributed by atoms with van der Waals surface area (Å²) in [6, 6.07) is 11.3. The number of hydrogen-bond donors (Lipinski definition) is 1. The summed E-state index contributed by atoms with van der Waals surface area (Å²) >= 11 is 1.23. The summed E-state index contributed by atoms with van der Waals surface area (Å²) in [6.45, 7) is 0. The van der Waals surface area contributed by atoms with E-state index in [9.17, 15) is 14.9 Å². The van der Waals surface area contributed by atoms with Crippen LogP contribution in [0, 0.1) is 10.1 Å². The summed E-state index contributed by atoms with van der Waals surface area (Å²) < 4.78 is 11.2. The van der Waals surface area contributed by atoms with Crippen molar-refractivity contribution in [3.63, 3.8) is 0 Å². The molecule has 0 unspecified atom stereocenters. The van der Waals surface area contributed by atoms with Crippen LogP contribution in [0.15, 0.2) is 47.6 Å². The van der Waals surface area contributed by atoms with E-state index in [0.29, 0.717) is 27.3 Å². The number of thiophene rings is 1. The van der Waals surface area contributed by atoms with Crippen LogP contribution in [0.1, 0.15) is 15.2 Å². The first-order valence-electron chi connectivity index (χ1n) is 7.75. The average Bonchev–Trinajstić information content (AvgIpc) is 3.11. The second kappa shape index (κ2) is 7.83. The number of hydrazone groups is 1. The van der Waals surface area contributed by atoms with Gasteiger partial charge in [-0.25, -0.2) is 5.43 Å². The van der Waals surface area contributed by atoms with Gasteiger partial charge >= 0.3 is 0 Å². The molecular weight excluding hydrogens is 370 g/mol. The van der Waals surface area contributed by atoms with Gasteiger partial charge in [0, 0.05) is 27.8 Å². The van der Waals surface area contributed by atoms with Crippen molar-refractivity contribution in [3.8, 4) is 11.5 Å². The van der Waals surface area contributed by atoms with E-state index in [0.717, 1.165) is 4.70 Å². The molecule has 0 aliphatic carbocycles. The highest BCUT2D eigenvalue weighted by Gasteiger charge is 2.13. The second-order valence-corrected chi connectivity index (χ2v) is 6.48. The van der Waals surface area contributed by atoms with Gasteiger partial charge in [-0.2, -0.15) is 5.10 Å². The van der Waals surface area contributed by atoms with E-state index in [1.807, 2.05) is 0 Å². The summed E-state index contributed by atoms with van der Waals surface area (Å²) in [5.41, 5.74) is 3.07. The zero-order valence-corrected chi connectivity index (χ0v) is 15.3. The number of nitrogens with one attached hydrogen (secondary N) is 1. The molecule has 0 saturated carbocycles. The Labute approximate surface area is 158 Å². The van der Waals surface area contributed by atoms with E-state index < -0.39 is 10.8 Å². The highest BCUT2D eigenvalue weighted by atomic mass is 32.1. The number of nitrogens with zero attached hydrogens (tertiary/aromatic N) is 2. The summed E-state index contributed by atoms with van der Waals surface area (Å²) in [5.74, 6) is 0.814. The molecule has 8 nitrogen and oxygen atoms in total. The van der Waals surface area contributed by atoms with Gasteiger partial charge in [0.1, 0.15) is 11.5 Å². The van der Waals surface area contributed by atoms with Crippen molar-refractivity contribution in [2.45, 2.75) is 0 Å². The Morgan fingerprint density at radius 3 is 2.70 bits per heavy atom. The molecule has 1 aromatic heterocycles. The minimum atomic E-state index is -0.470. The zero-order chi connectivity index (χ0) is 19.4. The van der Waals surface area contributed by atoms with Crippen molar-refractivity contribution in [3.05, 3.63) is 63.0 Å². The van der Waals surface area contributed by atoms with E-state index in [2.05, 4.69) is 10.5 Å². The number of carbonyl (C=O) groups excluding carboxylic acids is 1. The maximum absolute atomic E-state index is 12.3. The molecule has 0 atom stereocenters. The summed E-state index contributed by atoms with van der Waals surface area (Å²) in [4.78, 5) is 23.1. The Kier molecular flexibility index (Phi) is 5.32. The minimum absolute atomic E-state index is 0.0181. The number of carbonyl (C=O) groups is 1. The van der Waals surface area contributed by atoms with Crippen LogP contribution in [0.3, 0.4) is 0 Å². The Morgan fingerprint density at radius 2 is 2.00 bits per heavy atom. The number of methoxy groups -OCH3 is 2. The first-order valence-corrected chi connectivity index (χ1v) is 8.57. The topological polar surface area (TPSA) is 103 Å². The minimum Gasteiger partial charge on any atom is -0.497 e. The van der Waals surface area contributed by atoms with E-state index in [1.54, 1.807) is 37.4 Å². The van der Waals surface area contributed by atoms with Crippen LogP contribution >= 0.6 is 11.3 Å². The lowest BCUT2D eigenvalue weighted by Crippen LogP contribution is -2.16. The van der Waals surface area contributed by atoms with E-state index in [4.69, 9.17) is 9.47 Å². The standard InChI is InChI=1S/C18H15N3O5S/c1-25-14-4-5-15(26-2)12(8-14)10-19-20-18(22)17-9-11-7-13(21(23)24)3-6-16(11)27-17/h3-10H,1-2H3,(H,20,22)/b19-10-. The number of non-ortho nitro benzene ring substituents is 1. The molecule has 3 aromatic rings. The van der Waals surface area contributed by atoms with Gasteiger partial charge in [0.15, 0.2) is 0 Å². The predicted molar refractivity (Wildman–Crippen MR) is 103 cm³/mol. The molecule has 138 valence electrons. The fraction of sp³-hybridized carbons (Fsp3) is 0.111.